The average molecular weight is 319 g/mol. The number of nitrogens with one attached hydrogen (secondary N) is 1. The Hall–Kier alpha value is -2.69. The molecule has 0 unspecified atom stereocenters. The van der Waals surface area contributed by atoms with Crippen LogP contribution in [0.25, 0.3) is 10.9 Å². The van der Waals surface area contributed by atoms with E-state index >= 15 is 0 Å². The number of hydrogen-bond acceptors (Lipinski definition) is 5. The number of para-hydroxylation sites is 1. The average Bonchev–Trinajstić information content (AvgIpc) is 2.67. The zero-order valence-electron chi connectivity index (χ0n) is 13.7. The molecule has 1 aliphatic heterocycles. The highest BCUT2D eigenvalue weighted by Gasteiger charge is 2.12. The van der Waals surface area contributed by atoms with Crippen LogP contribution in [0.5, 0.6) is 0 Å². The zero-order chi connectivity index (χ0) is 16.2. The second-order valence-corrected chi connectivity index (χ2v) is 6.15. The molecule has 0 spiro atoms. The van der Waals surface area contributed by atoms with Crippen molar-refractivity contribution in [2.45, 2.75) is 25.8 Å². The molecule has 4 rings (SSSR count). The molecule has 5 heteroatoms. The molecule has 1 aromatic carbocycles. The standard InChI is InChI=1S/C19H21N5/c1-2-10-24(11-3-1)18-12-17(22-14-23-18)21-13-16-7-4-6-15-8-5-9-20-19(15)16/h4-9,12,14H,1-3,10-11,13H2,(H,21,22,23). The van der Waals surface area contributed by atoms with Crippen molar-refractivity contribution in [3.05, 3.63) is 54.5 Å². The summed E-state index contributed by atoms with van der Waals surface area (Å²) in [5.74, 6) is 1.88. The number of pyridine rings is 1. The molecule has 3 heterocycles. The molecule has 0 radical (unpaired) electrons. The minimum absolute atomic E-state index is 0.699. The fourth-order valence-corrected chi connectivity index (χ4v) is 3.24. The molecule has 122 valence electrons. The number of benzene rings is 1. The summed E-state index contributed by atoms with van der Waals surface area (Å²) in [6, 6.07) is 12.4. The van der Waals surface area contributed by atoms with Gasteiger partial charge in [0.15, 0.2) is 0 Å². The third kappa shape index (κ3) is 3.15. The summed E-state index contributed by atoms with van der Waals surface area (Å²) in [7, 11) is 0. The van der Waals surface area contributed by atoms with Crippen LogP contribution in [-0.4, -0.2) is 28.0 Å². The van der Waals surface area contributed by atoms with E-state index in [4.69, 9.17) is 0 Å². The van der Waals surface area contributed by atoms with E-state index in [0.29, 0.717) is 6.54 Å². The molecule has 1 saturated heterocycles. The number of hydrogen-bond donors (Lipinski definition) is 1. The first-order valence-electron chi connectivity index (χ1n) is 8.54. The van der Waals surface area contributed by atoms with Crippen molar-refractivity contribution in [2.75, 3.05) is 23.3 Å². The van der Waals surface area contributed by atoms with Gasteiger partial charge < -0.3 is 10.2 Å². The van der Waals surface area contributed by atoms with Gasteiger partial charge in [0, 0.05) is 37.3 Å². The third-order valence-electron chi connectivity index (χ3n) is 4.51. The minimum Gasteiger partial charge on any atom is -0.366 e. The lowest BCUT2D eigenvalue weighted by molar-refractivity contribution is 0.573. The van der Waals surface area contributed by atoms with E-state index in [1.54, 1.807) is 6.33 Å². The topological polar surface area (TPSA) is 53.9 Å². The second kappa shape index (κ2) is 6.83. The molecule has 1 fully saturated rings. The van der Waals surface area contributed by atoms with Crippen LogP contribution in [0.3, 0.4) is 0 Å². The van der Waals surface area contributed by atoms with Crippen LogP contribution in [0, 0.1) is 0 Å². The smallest absolute Gasteiger partial charge is 0.134 e. The van der Waals surface area contributed by atoms with Gasteiger partial charge in [-0.05, 0) is 30.9 Å². The van der Waals surface area contributed by atoms with Crippen LogP contribution in [0.15, 0.2) is 48.9 Å². The minimum atomic E-state index is 0.699. The predicted molar refractivity (Wildman–Crippen MR) is 97.2 cm³/mol. The maximum atomic E-state index is 4.50. The van der Waals surface area contributed by atoms with Crippen LogP contribution in [0.4, 0.5) is 11.6 Å². The molecule has 0 amide bonds. The highest BCUT2D eigenvalue weighted by Crippen LogP contribution is 2.20. The molecule has 1 N–H and O–H groups in total. The number of nitrogens with zero attached hydrogens (tertiary/aromatic N) is 4. The lowest BCUT2D eigenvalue weighted by Gasteiger charge is -2.27. The van der Waals surface area contributed by atoms with Gasteiger partial charge >= 0.3 is 0 Å². The van der Waals surface area contributed by atoms with Crippen molar-refractivity contribution in [1.82, 2.24) is 15.0 Å². The highest BCUT2D eigenvalue weighted by molar-refractivity contribution is 5.81. The van der Waals surface area contributed by atoms with E-state index < -0.39 is 0 Å². The molecule has 3 aromatic rings. The Bertz CT molecular complexity index is 821. The van der Waals surface area contributed by atoms with Crippen LogP contribution in [0.1, 0.15) is 24.8 Å². The lowest BCUT2D eigenvalue weighted by atomic mass is 10.1. The van der Waals surface area contributed by atoms with Crippen molar-refractivity contribution >= 4 is 22.5 Å². The van der Waals surface area contributed by atoms with Crippen molar-refractivity contribution in [2.24, 2.45) is 0 Å². The Morgan fingerprint density at radius 2 is 1.83 bits per heavy atom. The van der Waals surface area contributed by atoms with Gasteiger partial charge in [0.05, 0.1) is 5.52 Å². The molecule has 0 saturated carbocycles. The van der Waals surface area contributed by atoms with Gasteiger partial charge in [-0.15, -0.1) is 0 Å². The predicted octanol–water partition coefficient (Wildman–Crippen LogP) is 3.63. The number of piperidine rings is 1. The molecule has 5 nitrogen and oxygen atoms in total. The SMILES string of the molecule is c1cnc2c(CNc3cc(N4CCCCC4)ncn3)cccc2c1. The van der Waals surface area contributed by atoms with Crippen molar-refractivity contribution in [1.29, 1.82) is 0 Å². The van der Waals surface area contributed by atoms with Gasteiger partial charge in [-0.3, -0.25) is 4.98 Å². The lowest BCUT2D eigenvalue weighted by Crippen LogP contribution is -2.30. The summed E-state index contributed by atoms with van der Waals surface area (Å²) in [4.78, 5) is 15.6. The highest BCUT2D eigenvalue weighted by atomic mass is 15.2. The zero-order valence-corrected chi connectivity index (χ0v) is 13.7. The van der Waals surface area contributed by atoms with Crippen LogP contribution >= 0.6 is 0 Å². The van der Waals surface area contributed by atoms with Crippen molar-refractivity contribution < 1.29 is 0 Å². The molecule has 1 aliphatic rings. The normalized spacial score (nSPS) is 14.8. The van der Waals surface area contributed by atoms with Crippen LogP contribution < -0.4 is 10.2 Å². The van der Waals surface area contributed by atoms with Gasteiger partial charge in [-0.1, -0.05) is 24.3 Å². The van der Waals surface area contributed by atoms with Gasteiger partial charge in [0.1, 0.15) is 18.0 Å². The quantitative estimate of drug-likeness (QED) is 0.796. The molecule has 0 atom stereocenters. The number of anilines is 2. The molecular formula is C19H21N5. The van der Waals surface area contributed by atoms with Crippen molar-refractivity contribution in [3.8, 4) is 0 Å². The maximum absolute atomic E-state index is 4.50. The van der Waals surface area contributed by atoms with Crippen LogP contribution in [-0.2, 0) is 6.54 Å². The summed E-state index contributed by atoms with van der Waals surface area (Å²) in [5, 5.41) is 4.58. The Kier molecular flexibility index (Phi) is 4.23. The van der Waals surface area contributed by atoms with E-state index in [2.05, 4.69) is 49.4 Å². The first-order chi connectivity index (χ1) is 11.9. The van der Waals surface area contributed by atoms with Gasteiger partial charge in [0.2, 0.25) is 0 Å². The Labute approximate surface area is 141 Å². The molecule has 2 aromatic heterocycles. The summed E-state index contributed by atoms with van der Waals surface area (Å²) < 4.78 is 0. The first kappa shape index (κ1) is 14.9. The third-order valence-corrected chi connectivity index (χ3v) is 4.51. The fraction of sp³-hybridized carbons (Fsp3) is 0.316. The van der Waals surface area contributed by atoms with E-state index in [-0.39, 0.29) is 0 Å². The van der Waals surface area contributed by atoms with E-state index in [0.717, 1.165) is 35.6 Å². The van der Waals surface area contributed by atoms with E-state index in [9.17, 15) is 0 Å². The van der Waals surface area contributed by atoms with Gasteiger partial charge in [-0.25, -0.2) is 9.97 Å². The summed E-state index contributed by atoms with van der Waals surface area (Å²) in [5.41, 5.74) is 2.21. The number of rotatable bonds is 4. The Morgan fingerprint density at radius 3 is 2.75 bits per heavy atom. The fourth-order valence-electron chi connectivity index (χ4n) is 3.24. The molecule has 0 aliphatic carbocycles. The molecular weight excluding hydrogens is 298 g/mol. The first-order valence-corrected chi connectivity index (χ1v) is 8.54. The Balaban J connectivity index is 1.51. The van der Waals surface area contributed by atoms with E-state index in [1.807, 2.05) is 18.3 Å². The maximum Gasteiger partial charge on any atom is 0.134 e. The number of fused-ring (bicyclic) bond motifs is 1. The van der Waals surface area contributed by atoms with E-state index in [1.165, 1.54) is 24.8 Å². The van der Waals surface area contributed by atoms with Gasteiger partial charge in [0.25, 0.3) is 0 Å². The Morgan fingerprint density at radius 1 is 0.958 bits per heavy atom. The summed E-state index contributed by atoms with van der Waals surface area (Å²) in [6.45, 7) is 2.87. The second-order valence-electron chi connectivity index (χ2n) is 6.15. The summed E-state index contributed by atoms with van der Waals surface area (Å²) >= 11 is 0. The molecule has 0 bridgehead atoms. The monoisotopic (exact) mass is 319 g/mol. The number of aromatic nitrogens is 3. The largest absolute Gasteiger partial charge is 0.366 e. The molecule has 24 heavy (non-hydrogen) atoms. The summed E-state index contributed by atoms with van der Waals surface area (Å²) in [6.07, 6.45) is 7.29. The van der Waals surface area contributed by atoms with Gasteiger partial charge in [-0.2, -0.15) is 0 Å². The van der Waals surface area contributed by atoms with Crippen molar-refractivity contribution in [3.63, 3.8) is 0 Å². The van der Waals surface area contributed by atoms with Crippen LogP contribution in [0.2, 0.25) is 0 Å².